The summed E-state index contributed by atoms with van der Waals surface area (Å²) in [7, 11) is 0. The van der Waals surface area contributed by atoms with Crippen molar-refractivity contribution in [1.82, 2.24) is 0 Å². The van der Waals surface area contributed by atoms with Gasteiger partial charge in [0.1, 0.15) is 0 Å². The van der Waals surface area contributed by atoms with Crippen molar-refractivity contribution >= 4 is 15.9 Å². The van der Waals surface area contributed by atoms with Gasteiger partial charge in [-0.1, -0.05) is 28.1 Å². The molecule has 1 aromatic rings. The first-order chi connectivity index (χ1) is 7.18. The third kappa shape index (κ3) is 2.41. The van der Waals surface area contributed by atoms with Gasteiger partial charge in [-0.3, -0.25) is 0 Å². The van der Waals surface area contributed by atoms with Crippen molar-refractivity contribution in [3.05, 3.63) is 33.8 Å². The van der Waals surface area contributed by atoms with Crippen molar-refractivity contribution in [3.8, 4) is 0 Å². The number of aryl methyl sites for hydroxylation is 1. The summed E-state index contributed by atoms with van der Waals surface area (Å²) in [5.74, 6) is 0.255. The minimum absolute atomic E-state index is 0.255. The smallest absolute Gasteiger partial charge is 0.0841 e. The van der Waals surface area contributed by atoms with Gasteiger partial charge in [-0.15, -0.1) is 0 Å². The fourth-order valence-corrected chi connectivity index (χ4v) is 2.17. The number of rotatable bonds is 2. The molecule has 0 amide bonds. The molecule has 82 valence electrons. The lowest BCUT2D eigenvalue weighted by Gasteiger charge is -2.17. The number of hydrogen-bond acceptors (Lipinski definition) is 2. The second-order valence-corrected chi connectivity index (χ2v) is 4.93. The van der Waals surface area contributed by atoms with Gasteiger partial charge < -0.3 is 9.84 Å². The molecule has 0 aliphatic carbocycles. The van der Waals surface area contributed by atoms with Crippen molar-refractivity contribution in [2.24, 2.45) is 5.92 Å². The van der Waals surface area contributed by atoms with Crippen LogP contribution in [0.1, 0.15) is 23.7 Å². The molecule has 0 bridgehead atoms. The van der Waals surface area contributed by atoms with E-state index in [1.54, 1.807) is 0 Å². The van der Waals surface area contributed by atoms with Crippen molar-refractivity contribution < 1.29 is 9.84 Å². The average Bonchev–Trinajstić information content (AvgIpc) is 2.74. The molecular formula is C12H15BrO2. The predicted molar refractivity (Wildman–Crippen MR) is 62.8 cm³/mol. The van der Waals surface area contributed by atoms with Crippen LogP contribution in [-0.2, 0) is 4.74 Å². The molecule has 1 aliphatic rings. The second kappa shape index (κ2) is 4.64. The third-order valence-corrected chi connectivity index (χ3v) is 3.82. The van der Waals surface area contributed by atoms with Gasteiger partial charge >= 0.3 is 0 Å². The van der Waals surface area contributed by atoms with E-state index in [9.17, 15) is 5.11 Å². The lowest BCUT2D eigenvalue weighted by Crippen LogP contribution is -2.12. The summed E-state index contributed by atoms with van der Waals surface area (Å²) in [6, 6.07) is 6.00. The van der Waals surface area contributed by atoms with E-state index in [1.165, 1.54) is 0 Å². The van der Waals surface area contributed by atoms with Gasteiger partial charge in [0, 0.05) is 17.0 Å². The van der Waals surface area contributed by atoms with Gasteiger partial charge in [-0.05, 0) is 30.5 Å². The van der Waals surface area contributed by atoms with Crippen LogP contribution in [0.25, 0.3) is 0 Å². The highest BCUT2D eigenvalue weighted by Gasteiger charge is 2.25. The van der Waals surface area contributed by atoms with Gasteiger partial charge in [-0.25, -0.2) is 0 Å². The Hall–Kier alpha value is -0.380. The molecule has 1 saturated heterocycles. The molecule has 0 saturated carbocycles. The van der Waals surface area contributed by atoms with Crippen LogP contribution in [0.15, 0.2) is 22.7 Å². The molecule has 15 heavy (non-hydrogen) atoms. The summed E-state index contributed by atoms with van der Waals surface area (Å²) in [6.45, 7) is 3.49. The highest BCUT2D eigenvalue weighted by Crippen LogP contribution is 2.30. The number of hydrogen-bond donors (Lipinski definition) is 1. The Morgan fingerprint density at radius 3 is 2.93 bits per heavy atom. The van der Waals surface area contributed by atoms with Crippen LogP contribution < -0.4 is 0 Å². The maximum Gasteiger partial charge on any atom is 0.0841 e. The summed E-state index contributed by atoms with van der Waals surface area (Å²) in [5, 5.41) is 10.1. The molecule has 1 heterocycles. The Morgan fingerprint density at radius 1 is 1.53 bits per heavy atom. The Morgan fingerprint density at radius 2 is 2.33 bits per heavy atom. The molecule has 0 spiro atoms. The van der Waals surface area contributed by atoms with E-state index in [0.29, 0.717) is 6.61 Å². The van der Waals surface area contributed by atoms with Crippen molar-refractivity contribution in [3.63, 3.8) is 0 Å². The number of aliphatic hydroxyl groups is 1. The van der Waals surface area contributed by atoms with Crippen LogP contribution in [0.5, 0.6) is 0 Å². The summed E-state index contributed by atoms with van der Waals surface area (Å²) < 4.78 is 6.37. The van der Waals surface area contributed by atoms with E-state index in [-0.39, 0.29) is 12.0 Å². The molecule has 1 N–H and O–H groups in total. The Labute approximate surface area is 98.4 Å². The van der Waals surface area contributed by atoms with Gasteiger partial charge in [0.2, 0.25) is 0 Å². The molecule has 2 atom stereocenters. The van der Waals surface area contributed by atoms with Crippen LogP contribution in [0.2, 0.25) is 0 Å². The minimum atomic E-state index is -0.390. The van der Waals surface area contributed by atoms with Gasteiger partial charge in [-0.2, -0.15) is 0 Å². The Bertz CT molecular complexity index is 345. The van der Waals surface area contributed by atoms with Crippen molar-refractivity contribution in [1.29, 1.82) is 0 Å². The molecule has 1 fully saturated rings. The monoisotopic (exact) mass is 270 g/mol. The Kier molecular flexibility index (Phi) is 3.44. The molecule has 0 radical (unpaired) electrons. The van der Waals surface area contributed by atoms with Crippen LogP contribution in [0.4, 0.5) is 0 Å². The Balaban J connectivity index is 2.17. The van der Waals surface area contributed by atoms with Crippen LogP contribution in [0, 0.1) is 12.8 Å². The first kappa shape index (κ1) is 11.1. The number of ether oxygens (including phenoxy) is 1. The highest BCUT2D eigenvalue weighted by molar-refractivity contribution is 9.10. The summed E-state index contributed by atoms with van der Waals surface area (Å²) in [4.78, 5) is 0. The minimum Gasteiger partial charge on any atom is -0.388 e. The van der Waals surface area contributed by atoms with Crippen LogP contribution in [-0.4, -0.2) is 18.3 Å². The fraction of sp³-hybridized carbons (Fsp3) is 0.500. The number of aliphatic hydroxyl groups excluding tert-OH is 1. The van der Waals surface area contributed by atoms with Crippen LogP contribution in [0.3, 0.4) is 0 Å². The van der Waals surface area contributed by atoms with Crippen LogP contribution >= 0.6 is 15.9 Å². The summed E-state index contributed by atoms with van der Waals surface area (Å²) >= 11 is 3.46. The molecule has 3 heteroatoms. The van der Waals surface area contributed by atoms with Crippen molar-refractivity contribution in [2.45, 2.75) is 19.4 Å². The van der Waals surface area contributed by atoms with Gasteiger partial charge in [0.15, 0.2) is 0 Å². The zero-order valence-electron chi connectivity index (χ0n) is 8.74. The molecular weight excluding hydrogens is 256 g/mol. The molecule has 2 rings (SSSR count). The van der Waals surface area contributed by atoms with E-state index >= 15 is 0 Å². The average molecular weight is 271 g/mol. The van der Waals surface area contributed by atoms with E-state index in [2.05, 4.69) is 15.9 Å². The summed E-state index contributed by atoms with van der Waals surface area (Å²) in [5.41, 5.74) is 2.15. The lowest BCUT2D eigenvalue weighted by atomic mass is 9.94. The molecule has 2 nitrogen and oxygen atoms in total. The maximum atomic E-state index is 10.1. The number of benzene rings is 1. The second-order valence-electron chi connectivity index (χ2n) is 4.08. The van der Waals surface area contributed by atoms with Gasteiger partial charge in [0.05, 0.1) is 12.7 Å². The zero-order valence-corrected chi connectivity index (χ0v) is 10.3. The molecule has 1 aliphatic heterocycles. The molecule has 1 aromatic carbocycles. The predicted octanol–water partition coefficient (Wildman–Crippen LogP) is 2.83. The highest BCUT2D eigenvalue weighted by atomic mass is 79.9. The standard InChI is InChI=1S/C12H15BrO2/c1-8-6-9(2-3-11(8)13)12(14)10-4-5-15-7-10/h2-3,6,10,12,14H,4-5,7H2,1H3. The number of halogens is 1. The zero-order chi connectivity index (χ0) is 10.8. The van der Waals surface area contributed by atoms with Gasteiger partial charge in [0.25, 0.3) is 0 Å². The molecule has 0 aromatic heterocycles. The first-order valence-corrected chi connectivity index (χ1v) is 5.99. The normalized spacial score (nSPS) is 23.0. The largest absolute Gasteiger partial charge is 0.388 e. The lowest BCUT2D eigenvalue weighted by molar-refractivity contribution is 0.0917. The summed E-state index contributed by atoms with van der Waals surface area (Å²) in [6.07, 6.45) is 0.565. The van der Waals surface area contributed by atoms with E-state index < -0.39 is 0 Å². The van der Waals surface area contributed by atoms with E-state index in [1.807, 2.05) is 25.1 Å². The quantitative estimate of drug-likeness (QED) is 0.896. The topological polar surface area (TPSA) is 29.5 Å². The fourth-order valence-electron chi connectivity index (χ4n) is 1.93. The third-order valence-electron chi connectivity index (χ3n) is 2.93. The maximum absolute atomic E-state index is 10.1. The first-order valence-electron chi connectivity index (χ1n) is 5.20. The van der Waals surface area contributed by atoms with E-state index in [0.717, 1.165) is 28.6 Å². The van der Waals surface area contributed by atoms with Crippen molar-refractivity contribution in [2.75, 3.05) is 13.2 Å². The molecule has 2 unspecified atom stereocenters. The SMILES string of the molecule is Cc1cc(C(O)C2CCOC2)ccc1Br. The van der Waals surface area contributed by atoms with E-state index in [4.69, 9.17) is 4.74 Å².